The molecule has 0 saturated carbocycles. The van der Waals surface area contributed by atoms with Gasteiger partial charge < -0.3 is 9.47 Å². The Kier molecular flexibility index (Phi) is 5.74. The van der Waals surface area contributed by atoms with Crippen molar-refractivity contribution in [2.75, 3.05) is 33.3 Å². The number of piperidine rings is 2. The minimum Gasteiger partial charge on any atom is -0.438 e. The minimum absolute atomic E-state index is 0.485. The van der Waals surface area contributed by atoms with Crippen LogP contribution in [0.5, 0.6) is 0 Å². The predicted octanol–water partition coefficient (Wildman–Crippen LogP) is 3.25. The van der Waals surface area contributed by atoms with Crippen molar-refractivity contribution in [3.05, 3.63) is 35.9 Å². The number of ether oxygens (including phenoxy) is 2. The molecule has 0 atom stereocenters. The molecule has 1 aromatic rings. The van der Waals surface area contributed by atoms with Crippen molar-refractivity contribution in [2.45, 2.75) is 44.4 Å². The first-order valence-electron chi connectivity index (χ1n) is 9.00. The van der Waals surface area contributed by atoms with Crippen LogP contribution in [0.2, 0.25) is 0 Å². The van der Waals surface area contributed by atoms with E-state index in [1.54, 1.807) is 0 Å². The van der Waals surface area contributed by atoms with Crippen molar-refractivity contribution < 1.29 is 14.3 Å². The summed E-state index contributed by atoms with van der Waals surface area (Å²) in [6, 6.07) is 10.5. The average molecular weight is 332 g/mol. The second-order valence-electron chi connectivity index (χ2n) is 6.81. The van der Waals surface area contributed by atoms with E-state index in [2.05, 4.69) is 34.1 Å². The Hall–Kier alpha value is -1.59. The zero-order chi connectivity index (χ0) is 16.8. The quantitative estimate of drug-likeness (QED) is 0.792. The molecule has 0 radical (unpaired) electrons. The predicted molar refractivity (Wildman–Crippen MR) is 92.6 cm³/mol. The van der Waals surface area contributed by atoms with E-state index in [0.717, 1.165) is 45.6 Å². The molecule has 2 saturated heterocycles. The molecule has 24 heavy (non-hydrogen) atoms. The normalized spacial score (nSPS) is 22.0. The fraction of sp³-hybridized carbons (Fsp3) is 0.632. The van der Waals surface area contributed by atoms with Gasteiger partial charge in [0.25, 0.3) is 0 Å². The number of carbonyl (C=O) groups excluding carboxylic acids is 1. The molecule has 2 fully saturated rings. The molecule has 0 aromatic heterocycles. The van der Waals surface area contributed by atoms with Crippen LogP contribution in [0.15, 0.2) is 30.3 Å². The second kappa shape index (κ2) is 7.99. The van der Waals surface area contributed by atoms with Gasteiger partial charge in [0.15, 0.2) is 5.72 Å². The number of methoxy groups -OCH3 is 1. The lowest BCUT2D eigenvalue weighted by Crippen LogP contribution is -2.59. The van der Waals surface area contributed by atoms with Crippen molar-refractivity contribution in [1.29, 1.82) is 0 Å². The van der Waals surface area contributed by atoms with Crippen LogP contribution in [-0.2, 0) is 16.0 Å². The van der Waals surface area contributed by atoms with Crippen LogP contribution in [0, 0.1) is 0 Å². The fourth-order valence-electron chi connectivity index (χ4n) is 3.88. The summed E-state index contributed by atoms with van der Waals surface area (Å²) in [5.41, 5.74) is 0.845. The lowest BCUT2D eigenvalue weighted by molar-refractivity contribution is -0.163. The van der Waals surface area contributed by atoms with Gasteiger partial charge in [-0.25, -0.2) is 4.79 Å². The molecule has 0 amide bonds. The van der Waals surface area contributed by atoms with E-state index in [4.69, 9.17) is 9.47 Å². The van der Waals surface area contributed by atoms with Gasteiger partial charge in [0.2, 0.25) is 0 Å². The summed E-state index contributed by atoms with van der Waals surface area (Å²) in [7, 11) is 1.39. The third-order valence-corrected chi connectivity index (χ3v) is 5.26. The maximum atomic E-state index is 11.8. The summed E-state index contributed by atoms with van der Waals surface area (Å²) in [6.07, 6.45) is 4.76. The van der Waals surface area contributed by atoms with E-state index in [-0.39, 0.29) is 0 Å². The van der Waals surface area contributed by atoms with Gasteiger partial charge in [0.1, 0.15) is 0 Å². The van der Waals surface area contributed by atoms with Crippen molar-refractivity contribution in [2.24, 2.45) is 0 Å². The molecule has 0 bridgehead atoms. The zero-order valence-electron chi connectivity index (χ0n) is 14.6. The zero-order valence-corrected chi connectivity index (χ0v) is 14.6. The molecule has 0 aliphatic carbocycles. The Morgan fingerprint density at radius 3 is 2.33 bits per heavy atom. The van der Waals surface area contributed by atoms with Crippen LogP contribution >= 0.6 is 0 Å². The Balaban J connectivity index is 1.64. The van der Waals surface area contributed by atoms with E-state index in [1.807, 2.05) is 6.07 Å². The van der Waals surface area contributed by atoms with E-state index in [0.29, 0.717) is 0 Å². The van der Waals surface area contributed by atoms with Crippen molar-refractivity contribution in [3.63, 3.8) is 0 Å². The van der Waals surface area contributed by atoms with Crippen molar-refractivity contribution in [1.82, 2.24) is 9.80 Å². The number of hydrogen-bond donors (Lipinski definition) is 0. The van der Waals surface area contributed by atoms with Crippen LogP contribution < -0.4 is 0 Å². The van der Waals surface area contributed by atoms with Gasteiger partial charge in [-0.05, 0) is 18.4 Å². The Bertz CT molecular complexity index is 521. The maximum absolute atomic E-state index is 11.8. The first kappa shape index (κ1) is 17.2. The summed E-state index contributed by atoms with van der Waals surface area (Å²) in [5, 5.41) is 0. The molecule has 3 rings (SSSR count). The van der Waals surface area contributed by atoms with E-state index >= 15 is 0 Å². The number of nitrogens with zero attached hydrogens (tertiary/aromatic N) is 2. The average Bonchev–Trinajstić information content (AvgIpc) is 2.65. The molecule has 1 aromatic carbocycles. The lowest BCUT2D eigenvalue weighted by atomic mass is 9.95. The second-order valence-corrected chi connectivity index (χ2v) is 6.81. The number of hydrogen-bond acceptors (Lipinski definition) is 5. The van der Waals surface area contributed by atoms with Gasteiger partial charge in [0.05, 0.1) is 7.11 Å². The molecule has 2 heterocycles. The summed E-state index contributed by atoms with van der Waals surface area (Å²) in [5.74, 6) is 0. The van der Waals surface area contributed by atoms with E-state index in [9.17, 15) is 4.79 Å². The highest BCUT2D eigenvalue weighted by Crippen LogP contribution is 2.33. The summed E-state index contributed by atoms with van der Waals surface area (Å²) in [4.78, 5) is 16.6. The maximum Gasteiger partial charge on any atom is 0.509 e. The van der Waals surface area contributed by atoms with Gasteiger partial charge in [-0.15, -0.1) is 0 Å². The highest BCUT2D eigenvalue weighted by atomic mass is 16.7. The summed E-state index contributed by atoms with van der Waals surface area (Å²) < 4.78 is 10.6. The van der Waals surface area contributed by atoms with E-state index in [1.165, 1.54) is 31.9 Å². The van der Waals surface area contributed by atoms with Crippen LogP contribution in [0.3, 0.4) is 0 Å². The minimum atomic E-state index is -0.558. The summed E-state index contributed by atoms with van der Waals surface area (Å²) in [6.45, 7) is 4.84. The molecular formula is C19H28N2O3. The Labute approximate surface area is 144 Å². The van der Waals surface area contributed by atoms with Crippen LogP contribution in [-0.4, -0.2) is 55.0 Å². The number of benzene rings is 1. The van der Waals surface area contributed by atoms with Crippen LogP contribution in [0.25, 0.3) is 0 Å². The van der Waals surface area contributed by atoms with Gasteiger partial charge in [-0.3, -0.25) is 9.80 Å². The molecular weight excluding hydrogens is 304 g/mol. The van der Waals surface area contributed by atoms with Gasteiger partial charge in [-0.2, -0.15) is 0 Å². The monoisotopic (exact) mass is 332 g/mol. The number of rotatable bonds is 4. The van der Waals surface area contributed by atoms with E-state index < -0.39 is 11.9 Å². The van der Waals surface area contributed by atoms with Crippen LogP contribution in [0.1, 0.15) is 37.7 Å². The molecule has 5 nitrogen and oxygen atoms in total. The van der Waals surface area contributed by atoms with Crippen LogP contribution in [0.4, 0.5) is 4.79 Å². The molecule has 132 valence electrons. The third kappa shape index (κ3) is 4.08. The SMILES string of the molecule is COC(=O)OC1(N2CCCCC2)CCN(Cc2ccccc2)CC1. The lowest BCUT2D eigenvalue weighted by Gasteiger charge is -2.48. The van der Waals surface area contributed by atoms with Crippen molar-refractivity contribution in [3.8, 4) is 0 Å². The molecule has 0 spiro atoms. The fourth-order valence-corrected chi connectivity index (χ4v) is 3.88. The first-order valence-corrected chi connectivity index (χ1v) is 9.00. The topological polar surface area (TPSA) is 42.0 Å². The largest absolute Gasteiger partial charge is 0.509 e. The van der Waals surface area contributed by atoms with Gasteiger partial charge in [0, 0.05) is 45.6 Å². The number of carbonyl (C=O) groups is 1. The third-order valence-electron chi connectivity index (χ3n) is 5.26. The first-order chi connectivity index (χ1) is 11.7. The molecule has 0 unspecified atom stereocenters. The number of likely N-dealkylation sites (tertiary alicyclic amines) is 2. The molecule has 2 aliphatic heterocycles. The highest BCUT2D eigenvalue weighted by Gasteiger charge is 2.44. The molecule has 2 aliphatic rings. The van der Waals surface area contributed by atoms with Gasteiger partial charge in [-0.1, -0.05) is 36.8 Å². The standard InChI is InChI=1S/C19H28N2O3/c1-23-18(22)24-19(21-12-6-3-7-13-21)10-14-20(15-11-19)16-17-8-4-2-5-9-17/h2,4-5,8-9H,3,6-7,10-16H2,1H3. The smallest absolute Gasteiger partial charge is 0.438 e. The van der Waals surface area contributed by atoms with Crippen molar-refractivity contribution >= 4 is 6.16 Å². The molecule has 5 heteroatoms. The summed E-state index contributed by atoms with van der Waals surface area (Å²) >= 11 is 0. The Morgan fingerprint density at radius 1 is 1.04 bits per heavy atom. The van der Waals surface area contributed by atoms with Gasteiger partial charge >= 0.3 is 6.16 Å². The molecule has 0 N–H and O–H groups in total. The highest BCUT2D eigenvalue weighted by molar-refractivity contribution is 5.60. The Morgan fingerprint density at radius 2 is 1.71 bits per heavy atom.